The molecule has 0 radical (unpaired) electrons. The van der Waals surface area contributed by atoms with Crippen LogP contribution in [0, 0.1) is 19.8 Å². The molecule has 27 heavy (non-hydrogen) atoms. The summed E-state index contributed by atoms with van der Waals surface area (Å²) < 4.78 is 0. The van der Waals surface area contributed by atoms with Crippen molar-refractivity contribution in [3.63, 3.8) is 0 Å². The predicted octanol–water partition coefficient (Wildman–Crippen LogP) is 4.32. The summed E-state index contributed by atoms with van der Waals surface area (Å²) in [7, 11) is 0. The van der Waals surface area contributed by atoms with Gasteiger partial charge in [0.1, 0.15) is 0 Å². The molecule has 3 rings (SSSR count). The van der Waals surface area contributed by atoms with E-state index < -0.39 is 0 Å². The van der Waals surface area contributed by atoms with Crippen LogP contribution in [0.15, 0.2) is 36.5 Å². The Bertz CT molecular complexity index is 846. The molecular weight excluding hydrogens is 340 g/mol. The molecule has 0 bridgehead atoms. The quantitative estimate of drug-likeness (QED) is 0.712. The summed E-state index contributed by atoms with van der Waals surface area (Å²) in [4.78, 5) is 28.7. The number of amides is 3. The Morgan fingerprint density at radius 2 is 1.93 bits per heavy atom. The lowest BCUT2D eigenvalue weighted by Crippen LogP contribution is -2.34. The van der Waals surface area contributed by atoms with Gasteiger partial charge in [-0.2, -0.15) is 0 Å². The van der Waals surface area contributed by atoms with Crippen molar-refractivity contribution < 1.29 is 9.59 Å². The molecule has 3 N–H and O–H groups in total. The molecule has 1 atom stereocenters. The van der Waals surface area contributed by atoms with Crippen molar-refractivity contribution in [3.05, 3.63) is 53.3 Å². The van der Waals surface area contributed by atoms with Crippen LogP contribution in [-0.2, 0) is 4.79 Å². The molecular formula is C21H26N4O2. The summed E-state index contributed by atoms with van der Waals surface area (Å²) >= 11 is 0. The second kappa shape index (κ2) is 8.20. The minimum absolute atomic E-state index is 0.0564. The number of anilines is 2. The summed E-state index contributed by atoms with van der Waals surface area (Å²) in [6.07, 6.45) is 4.36. The van der Waals surface area contributed by atoms with Crippen LogP contribution < -0.4 is 16.0 Å². The molecule has 2 aromatic rings. The Hall–Kier alpha value is -2.89. The van der Waals surface area contributed by atoms with Crippen LogP contribution in [0.25, 0.3) is 0 Å². The Morgan fingerprint density at radius 1 is 1.15 bits per heavy atom. The largest absolute Gasteiger partial charge is 0.329 e. The number of nitrogens with one attached hydrogen (secondary N) is 3. The zero-order valence-electron chi connectivity index (χ0n) is 16.0. The van der Waals surface area contributed by atoms with Gasteiger partial charge in [0, 0.05) is 24.0 Å². The molecule has 6 heteroatoms. The molecule has 3 amide bonds. The van der Waals surface area contributed by atoms with Gasteiger partial charge in [-0.1, -0.05) is 19.1 Å². The minimum Gasteiger partial charge on any atom is -0.329 e. The third-order valence-corrected chi connectivity index (χ3v) is 4.82. The zero-order valence-corrected chi connectivity index (χ0v) is 16.0. The van der Waals surface area contributed by atoms with Crippen molar-refractivity contribution >= 4 is 23.3 Å². The predicted molar refractivity (Wildman–Crippen MR) is 107 cm³/mol. The number of urea groups is 1. The van der Waals surface area contributed by atoms with Gasteiger partial charge in [-0.25, -0.2) is 4.79 Å². The van der Waals surface area contributed by atoms with E-state index in [9.17, 15) is 9.59 Å². The van der Waals surface area contributed by atoms with Gasteiger partial charge < -0.3 is 16.0 Å². The van der Waals surface area contributed by atoms with E-state index in [2.05, 4.69) is 20.9 Å². The summed E-state index contributed by atoms with van der Waals surface area (Å²) in [6, 6.07) is 9.04. The van der Waals surface area contributed by atoms with Gasteiger partial charge in [-0.3, -0.25) is 9.78 Å². The maximum Gasteiger partial charge on any atom is 0.319 e. The molecule has 0 aliphatic heterocycles. The summed E-state index contributed by atoms with van der Waals surface area (Å²) in [5.41, 5.74) is 4.29. The Kier molecular flexibility index (Phi) is 5.74. The lowest BCUT2D eigenvalue weighted by Gasteiger charge is -2.20. The highest BCUT2D eigenvalue weighted by molar-refractivity contribution is 5.94. The van der Waals surface area contributed by atoms with Crippen molar-refractivity contribution in [1.29, 1.82) is 0 Å². The SMILES string of the molecule is CCC(=O)Nc1cc(NC(=O)N[C@@H](c2ncccc2C)C2CC2)ccc1C. The number of aromatic nitrogens is 1. The van der Waals surface area contributed by atoms with E-state index in [1.54, 1.807) is 19.2 Å². The van der Waals surface area contributed by atoms with Crippen LogP contribution >= 0.6 is 0 Å². The van der Waals surface area contributed by atoms with E-state index >= 15 is 0 Å². The topological polar surface area (TPSA) is 83.1 Å². The third-order valence-electron chi connectivity index (χ3n) is 4.82. The second-order valence-corrected chi connectivity index (χ2v) is 7.05. The molecule has 0 saturated heterocycles. The monoisotopic (exact) mass is 366 g/mol. The number of aryl methyl sites for hydroxylation is 2. The minimum atomic E-state index is -0.270. The average molecular weight is 366 g/mol. The molecule has 142 valence electrons. The second-order valence-electron chi connectivity index (χ2n) is 7.05. The van der Waals surface area contributed by atoms with Gasteiger partial charge in [0.15, 0.2) is 0 Å². The summed E-state index contributed by atoms with van der Waals surface area (Å²) in [5.74, 6) is 0.376. The average Bonchev–Trinajstić information content (AvgIpc) is 3.48. The van der Waals surface area contributed by atoms with Crippen molar-refractivity contribution in [2.75, 3.05) is 10.6 Å². The van der Waals surface area contributed by atoms with Gasteiger partial charge in [-0.05, 0) is 61.9 Å². The Morgan fingerprint density at radius 3 is 2.59 bits per heavy atom. The Labute approximate surface area is 159 Å². The van der Waals surface area contributed by atoms with Crippen LogP contribution in [0.3, 0.4) is 0 Å². The first-order valence-electron chi connectivity index (χ1n) is 9.37. The van der Waals surface area contributed by atoms with Crippen LogP contribution in [0.5, 0.6) is 0 Å². The number of pyridine rings is 1. The van der Waals surface area contributed by atoms with E-state index in [-0.39, 0.29) is 18.0 Å². The maximum absolute atomic E-state index is 12.6. The number of carbonyl (C=O) groups is 2. The molecule has 6 nitrogen and oxygen atoms in total. The first-order chi connectivity index (χ1) is 13.0. The molecule has 1 aliphatic carbocycles. The van der Waals surface area contributed by atoms with Gasteiger partial charge in [0.25, 0.3) is 0 Å². The molecule has 1 aliphatic rings. The van der Waals surface area contributed by atoms with E-state index in [0.29, 0.717) is 23.7 Å². The Balaban J connectivity index is 1.70. The normalized spacial score (nSPS) is 14.3. The lowest BCUT2D eigenvalue weighted by atomic mass is 10.0. The highest BCUT2D eigenvalue weighted by Gasteiger charge is 2.35. The fourth-order valence-corrected chi connectivity index (χ4v) is 3.04. The standard InChI is InChI=1S/C21H26N4O2/c1-4-18(26)24-17-12-16(10-7-13(17)2)23-21(27)25-20(15-8-9-15)19-14(3)6-5-11-22-19/h5-7,10-12,15,20H,4,8-9H2,1-3H3,(H,24,26)(H2,23,25,27)/t20-/m1/s1. The molecule has 0 unspecified atom stereocenters. The zero-order chi connectivity index (χ0) is 19.4. The molecule has 1 heterocycles. The van der Waals surface area contributed by atoms with Crippen LogP contribution in [-0.4, -0.2) is 16.9 Å². The molecule has 1 aromatic heterocycles. The summed E-state index contributed by atoms with van der Waals surface area (Å²) in [5, 5.41) is 8.80. The van der Waals surface area contributed by atoms with E-state index in [1.807, 2.05) is 38.1 Å². The van der Waals surface area contributed by atoms with Gasteiger partial charge in [0.2, 0.25) is 5.91 Å². The highest BCUT2D eigenvalue weighted by atomic mass is 16.2. The lowest BCUT2D eigenvalue weighted by molar-refractivity contribution is -0.115. The van der Waals surface area contributed by atoms with Gasteiger partial charge in [0.05, 0.1) is 11.7 Å². The van der Waals surface area contributed by atoms with Crippen LogP contribution in [0.1, 0.15) is 49.0 Å². The summed E-state index contributed by atoms with van der Waals surface area (Å²) in [6.45, 7) is 5.74. The van der Waals surface area contributed by atoms with Gasteiger partial charge >= 0.3 is 6.03 Å². The smallest absolute Gasteiger partial charge is 0.319 e. The molecule has 0 spiro atoms. The number of carbonyl (C=O) groups excluding carboxylic acids is 2. The molecule has 1 aromatic carbocycles. The maximum atomic E-state index is 12.6. The molecule has 1 saturated carbocycles. The number of rotatable bonds is 6. The van der Waals surface area contributed by atoms with Crippen LogP contribution in [0.2, 0.25) is 0 Å². The first kappa shape index (κ1) is 18.9. The molecule has 1 fully saturated rings. The third kappa shape index (κ3) is 4.84. The van der Waals surface area contributed by atoms with E-state index in [4.69, 9.17) is 0 Å². The first-order valence-corrected chi connectivity index (χ1v) is 9.37. The number of hydrogen-bond acceptors (Lipinski definition) is 3. The number of hydrogen-bond donors (Lipinski definition) is 3. The van der Waals surface area contributed by atoms with Crippen molar-refractivity contribution in [2.45, 2.75) is 46.1 Å². The number of benzene rings is 1. The van der Waals surface area contributed by atoms with Gasteiger partial charge in [-0.15, -0.1) is 0 Å². The van der Waals surface area contributed by atoms with Crippen LogP contribution in [0.4, 0.5) is 16.2 Å². The van der Waals surface area contributed by atoms with E-state index in [0.717, 1.165) is 29.7 Å². The fourth-order valence-electron chi connectivity index (χ4n) is 3.04. The number of nitrogens with zero attached hydrogens (tertiary/aromatic N) is 1. The fraction of sp³-hybridized carbons (Fsp3) is 0.381. The van der Waals surface area contributed by atoms with E-state index in [1.165, 1.54) is 0 Å². The highest BCUT2D eigenvalue weighted by Crippen LogP contribution is 2.41. The van der Waals surface area contributed by atoms with Crippen molar-refractivity contribution in [3.8, 4) is 0 Å². The van der Waals surface area contributed by atoms with Crippen molar-refractivity contribution in [2.24, 2.45) is 5.92 Å². The van der Waals surface area contributed by atoms with Crippen molar-refractivity contribution in [1.82, 2.24) is 10.3 Å².